The average molecular weight is 192 g/mol. The first-order valence-electron chi connectivity index (χ1n) is 4.27. The first-order chi connectivity index (χ1) is 6.63. The number of rotatable bonds is 3. The van der Waals surface area contributed by atoms with Gasteiger partial charge in [0.25, 0.3) is 0 Å². The van der Waals surface area contributed by atoms with E-state index in [1.54, 1.807) is 19.1 Å². The number of hydrogen-bond acceptors (Lipinski definition) is 2. The average Bonchev–Trinajstić information content (AvgIpc) is 2.14. The molecule has 1 aromatic rings. The number of ether oxygens (including phenoxy) is 1. The Balaban J connectivity index is 2.83. The molecular weight excluding hydrogens is 180 g/mol. The predicted octanol–water partition coefficient (Wildman–Crippen LogP) is 2.36. The summed E-state index contributed by atoms with van der Waals surface area (Å²) in [4.78, 5) is 10.6. The molecule has 1 rings (SSSR count). The predicted molar refractivity (Wildman–Crippen MR) is 53.2 cm³/mol. The maximum Gasteiger partial charge on any atom is 0.371 e. The Labute approximate surface area is 82.6 Å². The Morgan fingerprint density at radius 1 is 1.50 bits per heavy atom. The van der Waals surface area contributed by atoms with Crippen molar-refractivity contribution in [2.45, 2.75) is 13.8 Å². The number of carboxylic acids is 1. The van der Waals surface area contributed by atoms with Crippen LogP contribution in [0.25, 0.3) is 0 Å². The Kier molecular flexibility index (Phi) is 3.29. The van der Waals surface area contributed by atoms with Gasteiger partial charge in [0.1, 0.15) is 5.75 Å². The first-order valence-corrected chi connectivity index (χ1v) is 4.27. The summed E-state index contributed by atoms with van der Waals surface area (Å²) >= 11 is 0. The maximum atomic E-state index is 10.6. The lowest BCUT2D eigenvalue weighted by atomic mass is 10.2. The van der Waals surface area contributed by atoms with Crippen LogP contribution in [0.5, 0.6) is 5.75 Å². The maximum absolute atomic E-state index is 10.6. The van der Waals surface area contributed by atoms with Crippen molar-refractivity contribution in [3.63, 3.8) is 0 Å². The molecular formula is C11H12O3. The molecule has 0 atom stereocenters. The third-order valence-corrected chi connectivity index (χ3v) is 1.69. The Bertz CT molecular complexity index is 367. The lowest BCUT2D eigenvalue weighted by Gasteiger charge is -2.05. The van der Waals surface area contributed by atoms with Gasteiger partial charge in [-0.25, -0.2) is 4.79 Å². The summed E-state index contributed by atoms with van der Waals surface area (Å²) in [5, 5.41) is 8.71. The highest BCUT2D eigenvalue weighted by Gasteiger charge is 2.07. The molecule has 0 unspecified atom stereocenters. The summed E-state index contributed by atoms with van der Waals surface area (Å²) in [7, 11) is 0. The minimum absolute atomic E-state index is 0.0596. The van der Waals surface area contributed by atoms with Crippen molar-refractivity contribution in [3.05, 3.63) is 41.7 Å². The van der Waals surface area contributed by atoms with Crippen LogP contribution in [0.1, 0.15) is 12.5 Å². The summed E-state index contributed by atoms with van der Waals surface area (Å²) in [5.41, 5.74) is 1.03. The van der Waals surface area contributed by atoms with Crippen molar-refractivity contribution in [3.8, 4) is 5.75 Å². The number of carbonyl (C=O) groups is 1. The van der Waals surface area contributed by atoms with E-state index in [-0.39, 0.29) is 5.76 Å². The van der Waals surface area contributed by atoms with E-state index >= 15 is 0 Å². The second kappa shape index (κ2) is 4.46. The Morgan fingerprint density at radius 3 is 2.71 bits per heavy atom. The molecule has 3 nitrogen and oxygen atoms in total. The summed E-state index contributed by atoms with van der Waals surface area (Å²) < 4.78 is 5.17. The number of carboxylic acid groups (broad SMARTS) is 1. The van der Waals surface area contributed by atoms with Gasteiger partial charge in [0.2, 0.25) is 5.76 Å². The molecule has 3 heteroatoms. The second-order valence-electron chi connectivity index (χ2n) is 2.88. The van der Waals surface area contributed by atoms with Gasteiger partial charge in [-0.2, -0.15) is 0 Å². The minimum Gasteiger partial charge on any atom is -0.475 e. The zero-order valence-electron chi connectivity index (χ0n) is 8.15. The summed E-state index contributed by atoms with van der Waals surface area (Å²) in [5.74, 6) is -0.579. The highest BCUT2D eigenvalue weighted by Crippen LogP contribution is 2.15. The van der Waals surface area contributed by atoms with E-state index in [0.29, 0.717) is 5.75 Å². The summed E-state index contributed by atoms with van der Waals surface area (Å²) in [6, 6.07) is 7.24. The van der Waals surface area contributed by atoms with Crippen LogP contribution in [0.15, 0.2) is 36.1 Å². The molecule has 0 amide bonds. The zero-order valence-corrected chi connectivity index (χ0v) is 8.15. The van der Waals surface area contributed by atoms with E-state index < -0.39 is 5.97 Å². The van der Waals surface area contributed by atoms with E-state index in [1.807, 2.05) is 19.1 Å². The molecule has 0 radical (unpaired) electrons. The van der Waals surface area contributed by atoms with Gasteiger partial charge < -0.3 is 9.84 Å². The fourth-order valence-electron chi connectivity index (χ4n) is 1.03. The number of allylic oxidation sites excluding steroid dienone is 1. The number of benzene rings is 1. The van der Waals surface area contributed by atoms with Gasteiger partial charge in [0.15, 0.2) is 0 Å². The van der Waals surface area contributed by atoms with Crippen LogP contribution >= 0.6 is 0 Å². The molecule has 0 fully saturated rings. The van der Waals surface area contributed by atoms with Crippen LogP contribution in [-0.2, 0) is 4.79 Å². The van der Waals surface area contributed by atoms with Crippen LogP contribution in [0, 0.1) is 6.92 Å². The van der Waals surface area contributed by atoms with Gasteiger partial charge in [0.05, 0.1) is 0 Å². The van der Waals surface area contributed by atoms with Crippen molar-refractivity contribution in [2.24, 2.45) is 0 Å². The van der Waals surface area contributed by atoms with Crippen molar-refractivity contribution in [1.29, 1.82) is 0 Å². The topological polar surface area (TPSA) is 46.5 Å². The zero-order chi connectivity index (χ0) is 10.6. The first kappa shape index (κ1) is 10.3. The molecule has 0 heterocycles. The van der Waals surface area contributed by atoms with Crippen LogP contribution < -0.4 is 4.74 Å². The van der Waals surface area contributed by atoms with Crippen LogP contribution in [-0.4, -0.2) is 11.1 Å². The standard InChI is InChI=1S/C11H12O3/c1-3-10(11(12)13)14-9-6-4-5-8(2)7-9/h3-7H,1-2H3,(H,12,13)/b10-3-. The molecule has 0 aliphatic rings. The van der Waals surface area contributed by atoms with Gasteiger partial charge in [-0.15, -0.1) is 0 Å². The number of hydrogen-bond donors (Lipinski definition) is 1. The second-order valence-corrected chi connectivity index (χ2v) is 2.88. The molecule has 1 N–H and O–H groups in total. The molecule has 1 aromatic carbocycles. The smallest absolute Gasteiger partial charge is 0.371 e. The van der Waals surface area contributed by atoms with E-state index in [4.69, 9.17) is 9.84 Å². The summed E-state index contributed by atoms with van der Waals surface area (Å²) in [6.45, 7) is 3.54. The molecule has 0 spiro atoms. The highest BCUT2D eigenvalue weighted by atomic mass is 16.5. The fourth-order valence-corrected chi connectivity index (χ4v) is 1.03. The quantitative estimate of drug-likeness (QED) is 0.590. The van der Waals surface area contributed by atoms with Crippen molar-refractivity contribution >= 4 is 5.97 Å². The van der Waals surface area contributed by atoms with E-state index in [1.165, 1.54) is 6.08 Å². The Hall–Kier alpha value is -1.77. The van der Waals surface area contributed by atoms with Crippen molar-refractivity contribution in [2.75, 3.05) is 0 Å². The van der Waals surface area contributed by atoms with Gasteiger partial charge in [0, 0.05) is 0 Å². The highest BCUT2D eigenvalue weighted by molar-refractivity contribution is 5.84. The van der Waals surface area contributed by atoms with E-state index in [9.17, 15) is 4.79 Å². The number of aliphatic carboxylic acids is 1. The van der Waals surface area contributed by atoms with Gasteiger partial charge in [-0.1, -0.05) is 12.1 Å². The third-order valence-electron chi connectivity index (χ3n) is 1.69. The largest absolute Gasteiger partial charge is 0.475 e. The van der Waals surface area contributed by atoms with E-state index in [0.717, 1.165) is 5.56 Å². The van der Waals surface area contributed by atoms with Crippen LogP contribution in [0.3, 0.4) is 0 Å². The van der Waals surface area contributed by atoms with Crippen LogP contribution in [0.4, 0.5) is 0 Å². The lowest BCUT2D eigenvalue weighted by Crippen LogP contribution is -2.07. The van der Waals surface area contributed by atoms with Gasteiger partial charge in [-0.05, 0) is 37.6 Å². The van der Waals surface area contributed by atoms with Gasteiger partial charge in [-0.3, -0.25) is 0 Å². The molecule has 0 aliphatic heterocycles. The lowest BCUT2D eigenvalue weighted by molar-refractivity contribution is -0.135. The van der Waals surface area contributed by atoms with Gasteiger partial charge >= 0.3 is 5.97 Å². The molecule has 0 saturated heterocycles. The molecule has 0 saturated carbocycles. The number of aryl methyl sites for hydroxylation is 1. The molecule has 0 aromatic heterocycles. The van der Waals surface area contributed by atoms with Crippen molar-refractivity contribution < 1.29 is 14.6 Å². The summed E-state index contributed by atoms with van der Waals surface area (Å²) in [6.07, 6.45) is 1.42. The van der Waals surface area contributed by atoms with Crippen LogP contribution in [0.2, 0.25) is 0 Å². The Morgan fingerprint density at radius 2 is 2.21 bits per heavy atom. The monoisotopic (exact) mass is 192 g/mol. The molecule has 14 heavy (non-hydrogen) atoms. The fraction of sp³-hybridized carbons (Fsp3) is 0.182. The minimum atomic E-state index is -1.06. The van der Waals surface area contributed by atoms with E-state index in [2.05, 4.69) is 0 Å². The third kappa shape index (κ3) is 2.62. The molecule has 0 bridgehead atoms. The molecule has 0 aliphatic carbocycles. The SMILES string of the molecule is C/C=C(\Oc1cccc(C)c1)C(=O)O. The van der Waals surface area contributed by atoms with Crippen molar-refractivity contribution in [1.82, 2.24) is 0 Å². The molecule has 74 valence electrons. The normalized spacial score (nSPS) is 11.1.